The molecule has 1 aromatic carbocycles. The number of nitrogens with zero attached hydrogens (tertiary/aromatic N) is 2. The summed E-state index contributed by atoms with van der Waals surface area (Å²) in [4.78, 5) is 36.4. The van der Waals surface area contributed by atoms with Gasteiger partial charge in [-0.15, -0.1) is 0 Å². The van der Waals surface area contributed by atoms with Gasteiger partial charge >= 0.3 is 5.69 Å². The van der Waals surface area contributed by atoms with E-state index in [1.54, 1.807) is 11.6 Å². The van der Waals surface area contributed by atoms with Crippen LogP contribution in [-0.4, -0.2) is 47.8 Å². The number of nitrogens with one attached hydrogen (secondary N) is 2. The number of carbonyl (C=O) groups is 2. The van der Waals surface area contributed by atoms with Crippen LogP contribution in [-0.2, 0) is 27.8 Å². The zero-order valence-corrected chi connectivity index (χ0v) is 16.5. The lowest BCUT2D eigenvalue weighted by Gasteiger charge is -2.21. The maximum absolute atomic E-state index is 12.7. The highest BCUT2D eigenvalue weighted by atomic mass is 16.5. The molecule has 1 aliphatic rings. The molecule has 0 spiro atoms. The lowest BCUT2D eigenvalue weighted by molar-refractivity contribution is -0.135. The molecule has 152 valence electrons. The highest BCUT2D eigenvalue weighted by Gasteiger charge is 2.31. The van der Waals surface area contributed by atoms with Crippen molar-refractivity contribution < 1.29 is 14.3 Å². The first kappa shape index (κ1) is 20.3. The third kappa shape index (κ3) is 4.34. The fourth-order valence-electron chi connectivity index (χ4n) is 3.63. The van der Waals surface area contributed by atoms with Gasteiger partial charge in [0.25, 0.3) is 0 Å². The van der Waals surface area contributed by atoms with Crippen LogP contribution in [0.3, 0.4) is 0 Å². The third-order valence-corrected chi connectivity index (χ3v) is 5.15. The zero-order chi connectivity index (χ0) is 20.1. The predicted octanol–water partition coefficient (Wildman–Crippen LogP) is 0.876. The van der Waals surface area contributed by atoms with E-state index in [0.29, 0.717) is 18.5 Å². The van der Waals surface area contributed by atoms with Crippen LogP contribution in [0.25, 0.3) is 11.0 Å². The summed E-state index contributed by atoms with van der Waals surface area (Å²) in [6.45, 7) is 2.41. The molecule has 0 radical (unpaired) electrons. The Morgan fingerprint density at radius 3 is 2.71 bits per heavy atom. The Morgan fingerprint density at radius 1 is 1.18 bits per heavy atom. The van der Waals surface area contributed by atoms with E-state index in [2.05, 4.69) is 10.6 Å². The number of ether oxygens (including phenoxy) is 1. The minimum absolute atomic E-state index is 0.241. The van der Waals surface area contributed by atoms with Gasteiger partial charge in [0.15, 0.2) is 0 Å². The number of hydrogen-bond acceptors (Lipinski definition) is 5. The van der Waals surface area contributed by atoms with Crippen molar-refractivity contribution in [3.63, 3.8) is 0 Å². The van der Waals surface area contributed by atoms with E-state index >= 15 is 0 Å². The number of imide groups is 1. The molecule has 2 aromatic rings. The van der Waals surface area contributed by atoms with E-state index in [9.17, 15) is 14.4 Å². The van der Waals surface area contributed by atoms with Crippen LogP contribution < -0.4 is 16.3 Å². The van der Waals surface area contributed by atoms with Crippen LogP contribution in [0.15, 0.2) is 23.0 Å². The molecule has 28 heavy (non-hydrogen) atoms. The number of hydrogen-bond donors (Lipinski definition) is 2. The van der Waals surface area contributed by atoms with Crippen LogP contribution in [0.5, 0.6) is 0 Å². The largest absolute Gasteiger partial charge is 0.381 e. The minimum Gasteiger partial charge on any atom is -0.381 e. The number of imidazole rings is 1. The van der Waals surface area contributed by atoms with Gasteiger partial charge in [0.1, 0.15) is 6.04 Å². The maximum atomic E-state index is 12.7. The van der Waals surface area contributed by atoms with E-state index in [1.807, 2.05) is 25.2 Å². The Morgan fingerprint density at radius 2 is 1.96 bits per heavy atom. The van der Waals surface area contributed by atoms with Crippen molar-refractivity contribution >= 4 is 22.8 Å². The lowest BCUT2D eigenvalue weighted by atomic mass is 10.1. The van der Waals surface area contributed by atoms with E-state index in [1.165, 1.54) is 4.57 Å². The lowest BCUT2D eigenvalue weighted by Crippen LogP contribution is -2.44. The molecule has 1 aliphatic heterocycles. The molecular weight excluding hydrogens is 360 g/mol. The van der Waals surface area contributed by atoms with Crippen molar-refractivity contribution in [1.82, 2.24) is 19.8 Å². The molecule has 1 aromatic heterocycles. The van der Waals surface area contributed by atoms with Gasteiger partial charge in [0.2, 0.25) is 11.8 Å². The molecule has 0 saturated carbocycles. The molecule has 0 aliphatic carbocycles. The molecular formula is C20H28N4O4. The number of benzene rings is 1. The summed E-state index contributed by atoms with van der Waals surface area (Å²) in [6, 6.07) is 5.24. The van der Waals surface area contributed by atoms with Gasteiger partial charge in [0.05, 0.1) is 11.0 Å². The van der Waals surface area contributed by atoms with E-state index in [4.69, 9.17) is 4.74 Å². The summed E-state index contributed by atoms with van der Waals surface area (Å²) in [7, 11) is 3.64. The minimum atomic E-state index is -0.647. The second-order valence-corrected chi connectivity index (χ2v) is 7.17. The summed E-state index contributed by atoms with van der Waals surface area (Å²) in [6.07, 6.45) is 3.35. The van der Waals surface area contributed by atoms with Crippen molar-refractivity contribution in [3.05, 3.63) is 34.2 Å². The number of piperidine rings is 1. The van der Waals surface area contributed by atoms with Crippen molar-refractivity contribution in [2.45, 2.75) is 38.1 Å². The Labute approximate surface area is 163 Å². The van der Waals surface area contributed by atoms with Gasteiger partial charge in [-0.1, -0.05) is 6.07 Å². The Bertz CT molecular complexity index is 915. The monoisotopic (exact) mass is 388 g/mol. The molecule has 1 saturated heterocycles. The molecule has 1 unspecified atom stereocenters. The zero-order valence-electron chi connectivity index (χ0n) is 16.5. The van der Waals surface area contributed by atoms with Crippen LogP contribution in [0.4, 0.5) is 0 Å². The van der Waals surface area contributed by atoms with E-state index in [0.717, 1.165) is 43.5 Å². The van der Waals surface area contributed by atoms with Crippen molar-refractivity contribution in [2.24, 2.45) is 7.05 Å². The number of aromatic nitrogens is 2. The number of aryl methyl sites for hydroxylation is 2. The van der Waals surface area contributed by atoms with Gasteiger partial charge < -0.3 is 10.1 Å². The Kier molecular flexibility index (Phi) is 6.64. The van der Waals surface area contributed by atoms with Gasteiger partial charge in [-0.2, -0.15) is 0 Å². The molecule has 1 fully saturated rings. The fourth-order valence-corrected chi connectivity index (χ4v) is 3.63. The van der Waals surface area contributed by atoms with Crippen molar-refractivity contribution in [2.75, 3.05) is 26.8 Å². The molecule has 2 amide bonds. The third-order valence-electron chi connectivity index (χ3n) is 5.15. The molecule has 1 atom stereocenters. The first-order valence-corrected chi connectivity index (χ1v) is 9.79. The summed E-state index contributed by atoms with van der Waals surface area (Å²) < 4.78 is 8.69. The molecule has 3 rings (SSSR count). The quantitative estimate of drug-likeness (QED) is 0.491. The molecule has 0 bridgehead atoms. The molecule has 2 heterocycles. The highest BCUT2D eigenvalue weighted by molar-refractivity contribution is 6.00. The average Bonchev–Trinajstić information content (AvgIpc) is 2.92. The van der Waals surface area contributed by atoms with Crippen LogP contribution >= 0.6 is 0 Å². The average molecular weight is 388 g/mol. The van der Waals surface area contributed by atoms with Crippen LogP contribution in [0, 0.1) is 0 Å². The van der Waals surface area contributed by atoms with Crippen LogP contribution in [0.2, 0.25) is 0 Å². The van der Waals surface area contributed by atoms with Gasteiger partial charge in [-0.3, -0.25) is 24.0 Å². The molecule has 8 heteroatoms. The number of carbonyl (C=O) groups excluding carboxylic acids is 2. The maximum Gasteiger partial charge on any atom is 0.329 e. The second kappa shape index (κ2) is 9.16. The molecule has 8 nitrogen and oxygen atoms in total. The summed E-state index contributed by atoms with van der Waals surface area (Å²) in [5.41, 5.74) is 2.40. The SMILES string of the molecule is CNCCCOCCCc1ccc2c(c1)n(C)c(=O)n2C1CCC(=O)NC1=O. The summed E-state index contributed by atoms with van der Waals surface area (Å²) in [5.74, 6) is -0.699. The normalized spacial score (nSPS) is 17.3. The standard InChI is InChI=1S/C20H28N4O4/c1-21-10-4-12-28-11-3-5-14-6-7-15-17(13-14)23(2)20(27)24(15)16-8-9-18(25)22-19(16)26/h6-7,13,16,21H,3-5,8-12H2,1-2H3,(H,22,25,26). The second-order valence-electron chi connectivity index (χ2n) is 7.17. The topological polar surface area (TPSA) is 94.4 Å². The Balaban J connectivity index is 1.71. The van der Waals surface area contributed by atoms with E-state index in [-0.39, 0.29) is 18.0 Å². The first-order chi connectivity index (χ1) is 13.5. The van der Waals surface area contributed by atoms with Gasteiger partial charge in [-0.05, 0) is 57.0 Å². The highest BCUT2D eigenvalue weighted by Crippen LogP contribution is 2.24. The van der Waals surface area contributed by atoms with Gasteiger partial charge in [-0.25, -0.2) is 4.79 Å². The number of rotatable bonds is 9. The van der Waals surface area contributed by atoms with E-state index < -0.39 is 11.9 Å². The Hall–Kier alpha value is -2.45. The number of fused-ring (bicyclic) bond motifs is 1. The first-order valence-electron chi connectivity index (χ1n) is 9.79. The number of amides is 2. The smallest absolute Gasteiger partial charge is 0.329 e. The van der Waals surface area contributed by atoms with Crippen molar-refractivity contribution in [3.8, 4) is 0 Å². The van der Waals surface area contributed by atoms with Crippen LogP contribution in [0.1, 0.15) is 37.3 Å². The predicted molar refractivity (Wildman–Crippen MR) is 106 cm³/mol. The fraction of sp³-hybridized carbons (Fsp3) is 0.550. The van der Waals surface area contributed by atoms with Gasteiger partial charge in [0, 0.05) is 26.7 Å². The molecule has 2 N–H and O–H groups in total. The summed E-state index contributed by atoms with van der Waals surface area (Å²) >= 11 is 0. The summed E-state index contributed by atoms with van der Waals surface area (Å²) in [5, 5.41) is 5.42. The van der Waals surface area contributed by atoms with Crippen molar-refractivity contribution in [1.29, 1.82) is 0 Å².